The molecule has 0 unspecified atom stereocenters. The number of alkyl halides is 1. The minimum Gasteiger partial charge on any atom is -0.386 e. The van der Waals surface area contributed by atoms with Crippen molar-refractivity contribution in [2.45, 2.75) is 26.7 Å². The van der Waals surface area contributed by atoms with Crippen LogP contribution in [0.25, 0.3) is 0 Å². The highest BCUT2D eigenvalue weighted by molar-refractivity contribution is 14.1. The van der Waals surface area contributed by atoms with Crippen molar-refractivity contribution in [2.75, 3.05) is 16.1 Å². The van der Waals surface area contributed by atoms with E-state index in [0.29, 0.717) is 0 Å². The van der Waals surface area contributed by atoms with Crippen molar-refractivity contribution in [3.63, 3.8) is 0 Å². The van der Waals surface area contributed by atoms with E-state index in [1.54, 1.807) is 11.8 Å². The van der Waals surface area contributed by atoms with Crippen molar-refractivity contribution in [1.82, 2.24) is 0 Å². The number of hydrogen-bond donors (Lipinski definition) is 1. The molecule has 0 aliphatic carbocycles. The Bertz CT molecular complexity index is 38.6. The molecular weight excluding hydrogens is 259 g/mol. The van der Waals surface area contributed by atoms with Crippen LogP contribution in [-0.2, 0) is 0 Å². The van der Waals surface area contributed by atoms with Gasteiger partial charge in [0.2, 0.25) is 0 Å². The SMILES string of the molecule is CCCI.CCCSCO. The molecule has 0 amide bonds. The minimum absolute atomic E-state index is 0.272. The molecule has 1 nitrogen and oxygen atoms in total. The Balaban J connectivity index is 0. The van der Waals surface area contributed by atoms with Gasteiger partial charge < -0.3 is 5.11 Å². The van der Waals surface area contributed by atoms with Gasteiger partial charge in [0.05, 0.1) is 5.94 Å². The number of aliphatic hydroxyl groups excluding tert-OH is 1. The van der Waals surface area contributed by atoms with Crippen LogP contribution >= 0.6 is 34.4 Å². The van der Waals surface area contributed by atoms with Gasteiger partial charge in [-0.15, -0.1) is 11.8 Å². The number of hydrogen-bond acceptors (Lipinski definition) is 2. The summed E-state index contributed by atoms with van der Waals surface area (Å²) in [5.41, 5.74) is 0. The maximum atomic E-state index is 8.16. The van der Waals surface area contributed by atoms with Crippen molar-refractivity contribution in [2.24, 2.45) is 0 Å². The fourth-order valence-corrected chi connectivity index (χ4v) is 0.627. The summed E-state index contributed by atoms with van der Waals surface area (Å²) in [5, 5.41) is 8.16. The van der Waals surface area contributed by atoms with Crippen LogP contribution in [0.3, 0.4) is 0 Å². The van der Waals surface area contributed by atoms with Crippen molar-refractivity contribution in [3.8, 4) is 0 Å². The van der Waals surface area contributed by atoms with Crippen molar-refractivity contribution < 1.29 is 5.11 Å². The fourth-order valence-electron chi connectivity index (χ4n) is 0.209. The second-order valence-electron chi connectivity index (χ2n) is 1.73. The van der Waals surface area contributed by atoms with Crippen LogP contribution < -0.4 is 0 Å². The molecule has 0 aromatic heterocycles. The van der Waals surface area contributed by atoms with Crippen LogP contribution in [0.5, 0.6) is 0 Å². The first-order chi connectivity index (χ1) is 4.83. The first-order valence-corrected chi connectivity index (χ1v) is 6.26. The summed E-state index contributed by atoms with van der Waals surface area (Å²) in [5.74, 6) is 1.35. The van der Waals surface area contributed by atoms with Gasteiger partial charge in [-0.2, -0.15) is 0 Å². The van der Waals surface area contributed by atoms with E-state index in [9.17, 15) is 0 Å². The molecule has 0 aromatic rings. The van der Waals surface area contributed by atoms with Gasteiger partial charge in [-0.05, 0) is 23.0 Å². The van der Waals surface area contributed by atoms with Crippen LogP contribution in [0, 0.1) is 0 Å². The third-order valence-corrected chi connectivity index (χ3v) is 2.59. The van der Waals surface area contributed by atoms with Gasteiger partial charge in [-0.25, -0.2) is 0 Å². The van der Waals surface area contributed by atoms with Crippen LogP contribution in [0.2, 0.25) is 0 Å². The summed E-state index contributed by atoms with van der Waals surface area (Å²) in [6.07, 6.45) is 2.46. The molecule has 3 heteroatoms. The Morgan fingerprint density at radius 2 is 1.80 bits per heavy atom. The van der Waals surface area contributed by atoms with Gasteiger partial charge >= 0.3 is 0 Å². The van der Waals surface area contributed by atoms with E-state index in [-0.39, 0.29) is 5.94 Å². The van der Waals surface area contributed by atoms with E-state index in [4.69, 9.17) is 5.11 Å². The molecule has 0 heterocycles. The molecular formula is C7H17IOS. The van der Waals surface area contributed by atoms with Crippen LogP contribution in [0.15, 0.2) is 0 Å². The van der Waals surface area contributed by atoms with Gasteiger partial charge in [-0.1, -0.05) is 36.4 Å². The predicted octanol–water partition coefficient (Wildman–Crippen LogP) is 2.91. The molecule has 0 bridgehead atoms. The lowest BCUT2D eigenvalue weighted by Crippen LogP contribution is -1.75. The predicted molar refractivity (Wildman–Crippen MR) is 59.0 cm³/mol. The zero-order valence-electron chi connectivity index (χ0n) is 6.77. The molecule has 0 saturated heterocycles. The first kappa shape index (κ1) is 13.6. The lowest BCUT2D eigenvalue weighted by Gasteiger charge is -1.86. The molecule has 0 spiro atoms. The molecule has 0 rings (SSSR count). The standard InChI is InChI=1S/C4H10OS.C3H7I/c1-2-3-6-4-5;1-2-3-4/h5H,2-4H2,1H3;2-3H2,1H3. The lowest BCUT2D eigenvalue weighted by atomic mass is 10.6. The summed E-state index contributed by atoms with van der Waals surface area (Å²) in [6.45, 7) is 4.27. The molecule has 0 aliphatic rings. The summed E-state index contributed by atoms with van der Waals surface area (Å²) in [6, 6.07) is 0. The van der Waals surface area contributed by atoms with E-state index in [1.165, 1.54) is 10.8 Å². The molecule has 0 atom stereocenters. The monoisotopic (exact) mass is 276 g/mol. The summed E-state index contributed by atoms with van der Waals surface area (Å²) in [4.78, 5) is 0. The summed E-state index contributed by atoms with van der Waals surface area (Å²) in [7, 11) is 0. The van der Waals surface area contributed by atoms with Gasteiger partial charge in [-0.3, -0.25) is 0 Å². The zero-order chi connectivity index (χ0) is 8.24. The molecule has 1 N–H and O–H groups in total. The van der Waals surface area contributed by atoms with E-state index < -0.39 is 0 Å². The van der Waals surface area contributed by atoms with E-state index in [1.807, 2.05) is 0 Å². The number of rotatable bonds is 4. The molecule has 10 heavy (non-hydrogen) atoms. The molecule has 0 saturated carbocycles. The Labute approximate surface area is 82.1 Å². The van der Waals surface area contributed by atoms with Crippen molar-refractivity contribution in [1.29, 1.82) is 0 Å². The molecule has 0 fully saturated rings. The average molecular weight is 276 g/mol. The smallest absolute Gasteiger partial charge is 0.0885 e. The van der Waals surface area contributed by atoms with Gasteiger partial charge in [0.25, 0.3) is 0 Å². The maximum absolute atomic E-state index is 8.16. The Morgan fingerprint density at radius 3 is 1.90 bits per heavy atom. The Kier molecular flexibility index (Phi) is 22.5. The van der Waals surface area contributed by atoms with Gasteiger partial charge in [0, 0.05) is 0 Å². The van der Waals surface area contributed by atoms with E-state index in [0.717, 1.165) is 12.2 Å². The third-order valence-electron chi connectivity index (χ3n) is 0.629. The summed E-state index contributed by atoms with van der Waals surface area (Å²) < 4.78 is 1.29. The quantitative estimate of drug-likeness (QED) is 0.369. The topological polar surface area (TPSA) is 20.2 Å². The Morgan fingerprint density at radius 1 is 1.30 bits per heavy atom. The highest BCUT2D eigenvalue weighted by Gasteiger charge is 1.75. The average Bonchev–Trinajstić information content (AvgIpc) is 2.01. The summed E-state index contributed by atoms with van der Waals surface area (Å²) >= 11 is 3.92. The van der Waals surface area contributed by atoms with Gasteiger partial charge in [0.1, 0.15) is 0 Å². The largest absolute Gasteiger partial charge is 0.386 e. The number of halogens is 1. The second kappa shape index (κ2) is 16.6. The van der Waals surface area contributed by atoms with Gasteiger partial charge in [0.15, 0.2) is 0 Å². The van der Waals surface area contributed by atoms with Crippen molar-refractivity contribution >= 4 is 34.4 Å². The maximum Gasteiger partial charge on any atom is 0.0885 e. The molecule has 0 aliphatic heterocycles. The minimum atomic E-state index is 0.272. The normalized spacial score (nSPS) is 8.40. The van der Waals surface area contributed by atoms with E-state index >= 15 is 0 Å². The van der Waals surface area contributed by atoms with Crippen LogP contribution in [0.1, 0.15) is 26.7 Å². The number of thioether (sulfide) groups is 1. The Hall–Kier alpha value is 1.04. The van der Waals surface area contributed by atoms with Crippen molar-refractivity contribution in [3.05, 3.63) is 0 Å². The zero-order valence-corrected chi connectivity index (χ0v) is 9.74. The molecule has 0 radical (unpaired) electrons. The first-order valence-electron chi connectivity index (χ1n) is 3.58. The van der Waals surface area contributed by atoms with E-state index in [2.05, 4.69) is 36.4 Å². The third kappa shape index (κ3) is 23.0. The highest BCUT2D eigenvalue weighted by Crippen LogP contribution is 1.96. The second-order valence-corrected chi connectivity index (χ2v) is 3.88. The highest BCUT2D eigenvalue weighted by atomic mass is 127. The lowest BCUT2D eigenvalue weighted by molar-refractivity contribution is 0.375. The van der Waals surface area contributed by atoms with Crippen LogP contribution in [-0.4, -0.2) is 21.2 Å². The molecule has 0 aromatic carbocycles. The fraction of sp³-hybridized carbons (Fsp3) is 1.00. The molecule has 64 valence electrons. The van der Waals surface area contributed by atoms with Crippen LogP contribution in [0.4, 0.5) is 0 Å². The number of aliphatic hydroxyl groups is 1.